The van der Waals surface area contributed by atoms with E-state index < -0.39 is 12.7 Å². The van der Waals surface area contributed by atoms with Gasteiger partial charge in [0.1, 0.15) is 18.8 Å². The van der Waals surface area contributed by atoms with Gasteiger partial charge in [-0.3, -0.25) is 14.5 Å². The molecule has 80 heavy (non-hydrogen) atoms. The molecule has 1 atom stereocenters. The third kappa shape index (κ3) is 31.2. The SMILES string of the molecule is C=C(N)CCCC=O.CC.CCCC(CC(C)(C)C)Nc1cccc(/C(C)=C(\Cl)C(=O)/C(C)=C/O)c1.CCOC.CCc1ccc(N)c(OCN2CCC(c3ccc(NC)c4c(COC)cccc34)CC2)c1.COC.O=CC(F)F. The number of hydrogen-bond acceptors (Lipinski definition) is 13. The molecule has 0 aliphatic carbocycles. The van der Waals surface area contributed by atoms with Gasteiger partial charge in [0, 0.05) is 95.7 Å². The smallest absolute Gasteiger partial charge is 0.293 e. The number of nitrogens with zero attached hydrogens (tertiary/aromatic N) is 1. The van der Waals surface area contributed by atoms with Crippen LogP contribution in [0, 0.1) is 5.41 Å². The van der Waals surface area contributed by atoms with E-state index in [4.69, 9.17) is 42.4 Å². The number of Topliss-reactive ketones (excluding diaryl/α,β-unsaturated/α-hetero) is 1. The number of benzene rings is 4. The van der Waals surface area contributed by atoms with Gasteiger partial charge in [-0.1, -0.05) is 116 Å². The Morgan fingerprint density at radius 3 is 2.06 bits per heavy atom. The first-order valence-electron chi connectivity index (χ1n) is 27.6. The minimum atomic E-state index is -2.80. The summed E-state index contributed by atoms with van der Waals surface area (Å²) in [6, 6.07) is 25.5. The van der Waals surface area contributed by atoms with Gasteiger partial charge in [-0.15, -0.1) is 0 Å². The number of nitrogens with two attached hydrogens (primary N) is 2. The first-order chi connectivity index (χ1) is 38.1. The maximum absolute atomic E-state index is 12.2. The third-order valence-corrected chi connectivity index (χ3v) is 12.6. The molecule has 13 nitrogen and oxygen atoms in total. The number of hydrogen-bond donors (Lipinski definition) is 5. The Labute approximate surface area is 484 Å². The molecule has 0 saturated carbocycles. The molecule has 16 heteroatoms. The molecule has 0 aromatic heterocycles. The first-order valence-corrected chi connectivity index (χ1v) is 28.0. The number of rotatable bonds is 22. The number of carbonyl (C=O) groups is 3. The van der Waals surface area contributed by atoms with E-state index in [-0.39, 0.29) is 21.8 Å². The number of aliphatic hydroxyl groups is 1. The van der Waals surface area contributed by atoms with Gasteiger partial charge in [-0.05, 0) is 141 Å². The van der Waals surface area contributed by atoms with Crippen LogP contribution in [0.15, 0.2) is 102 Å². The number of unbranched alkanes of at least 4 members (excludes halogenated alkanes) is 1. The number of nitrogen functional groups attached to an aromatic ring is 1. The molecule has 1 fully saturated rings. The van der Waals surface area contributed by atoms with E-state index in [0.717, 1.165) is 106 Å². The Bertz CT molecular complexity index is 2420. The lowest BCUT2D eigenvalue weighted by atomic mass is 9.85. The Hall–Kier alpha value is -5.84. The number of anilines is 3. The number of carbonyl (C=O) groups excluding carboxylic acids is 3. The number of alkyl halides is 2. The minimum Gasteiger partial charge on any atom is -0.515 e. The van der Waals surface area contributed by atoms with Crippen molar-refractivity contribution in [3.8, 4) is 5.75 Å². The lowest BCUT2D eigenvalue weighted by Crippen LogP contribution is -2.36. The van der Waals surface area contributed by atoms with Gasteiger partial charge >= 0.3 is 0 Å². The zero-order valence-electron chi connectivity index (χ0n) is 51.0. The molecule has 1 aliphatic heterocycles. The van der Waals surface area contributed by atoms with Crippen molar-refractivity contribution >= 4 is 63.4 Å². The fraction of sp³-hybridized carbons (Fsp3) is 0.516. The summed E-state index contributed by atoms with van der Waals surface area (Å²) in [6.45, 7) is 28.0. The Kier molecular flexibility index (Phi) is 42.7. The van der Waals surface area contributed by atoms with Crippen LogP contribution in [0.2, 0.25) is 0 Å². The van der Waals surface area contributed by atoms with Gasteiger partial charge in [0.25, 0.3) is 6.43 Å². The number of likely N-dealkylation sites (tertiary alicyclic amines) is 1. The van der Waals surface area contributed by atoms with Crippen LogP contribution in [-0.4, -0.2) is 103 Å². The van der Waals surface area contributed by atoms with Gasteiger partial charge in [-0.25, -0.2) is 8.78 Å². The highest BCUT2D eigenvalue weighted by Gasteiger charge is 2.24. The highest BCUT2D eigenvalue weighted by atomic mass is 35.5. The second kappa shape index (κ2) is 44.9. The molecule has 0 spiro atoms. The fourth-order valence-electron chi connectivity index (χ4n) is 8.13. The van der Waals surface area contributed by atoms with E-state index in [0.29, 0.717) is 48.7 Å². The normalized spacial score (nSPS) is 12.9. The van der Waals surface area contributed by atoms with Crippen molar-refractivity contribution in [3.63, 3.8) is 0 Å². The summed E-state index contributed by atoms with van der Waals surface area (Å²) >= 11 is 6.24. The zero-order valence-corrected chi connectivity index (χ0v) is 51.8. The van der Waals surface area contributed by atoms with Crippen LogP contribution in [0.3, 0.4) is 0 Å². The average Bonchev–Trinajstić information content (AvgIpc) is 3.45. The number of fused-ring (bicyclic) bond motifs is 1. The number of aryl methyl sites for hydroxylation is 1. The van der Waals surface area contributed by atoms with Crippen molar-refractivity contribution in [2.45, 2.75) is 152 Å². The summed E-state index contributed by atoms with van der Waals surface area (Å²) in [5.41, 5.74) is 20.9. The van der Waals surface area contributed by atoms with E-state index in [1.807, 2.05) is 65.1 Å². The predicted octanol–water partition coefficient (Wildman–Crippen LogP) is 15.3. The molecule has 0 radical (unpaired) electrons. The number of aliphatic hydroxyl groups excluding tert-OH is 1. The topological polar surface area (TPSA) is 188 Å². The number of aldehydes is 2. The van der Waals surface area contributed by atoms with Crippen LogP contribution in [0.5, 0.6) is 5.75 Å². The average molecular weight is 1140 g/mol. The molecular formula is C64H100ClF2N5O8. The molecular weight excluding hydrogens is 1040 g/mol. The molecule has 4 aromatic carbocycles. The van der Waals surface area contributed by atoms with Crippen LogP contribution in [0.25, 0.3) is 16.3 Å². The summed E-state index contributed by atoms with van der Waals surface area (Å²) < 4.78 is 41.1. The molecule has 0 amide bonds. The molecule has 4 aromatic rings. The molecule has 1 heterocycles. The van der Waals surface area contributed by atoms with Crippen molar-refractivity contribution in [3.05, 3.63) is 124 Å². The first kappa shape index (κ1) is 76.2. The largest absolute Gasteiger partial charge is 0.515 e. The van der Waals surface area contributed by atoms with Crippen molar-refractivity contribution < 1.29 is 47.2 Å². The van der Waals surface area contributed by atoms with Crippen molar-refractivity contribution in [2.24, 2.45) is 11.1 Å². The Morgan fingerprint density at radius 1 is 0.950 bits per heavy atom. The number of allylic oxidation sites excluding steroid dienone is 4. The second-order valence-electron chi connectivity index (χ2n) is 19.8. The summed E-state index contributed by atoms with van der Waals surface area (Å²) in [6.07, 6.45) is 7.19. The van der Waals surface area contributed by atoms with Crippen LogP contribution in [-0.2, 0) is 41.6 Å². The van der Waals surface area contributed by atoms with E-state index >= 15 is 0 Å². The van der Waals surface area contributed by atoms with Gasteiger partial charge in [-0.2, -0.15) is 0 Å². The number of nitrogens with one attached hydrogen (secondary N) is 2. The van der Waals surface area contributed by atoms with Crippen LogP contribution in [0.1, 0.15) is 149 Å². The van der Waals surface area contributed by atoms with Gasteiger partial charge in [0.05, 0.1) is 23.6 Å². The molecule has 1 aliphatic rings. The lowest BCUT2D eigenvalue weighted by Gasteiger charge is -2.32. The molecule has 5 rings (SSSR count). The third-order valence-electron chi connectivity index (χ3n) is 12.1. The van der Waals surface area contributed by atoms with Crippen LogP contribution >= 0.6 is 11.6 Å². The number of ketones is 1. The van der Waals surface area contributed by atoms with Gasteiger partial charge < -0.3 is 50.9 Å². The fourth-order valence-corrected chi connectivity index (χ4v) is 8.39. The number of methoxy groups -OCH3 is 3. The van der Waals surface area contributed by atoms with Crippen LogP contribution in [0.4, 0.5) is 25.8 Å². The molecule has 0 bridgehead atoms. The molecule has 1 saturated heterocycles. The Morgan fingerprint density at radius 2 is 1.56 bits per heavy atom. The van der Waals surface area contributed by atoms with Crippen LogP contribution < -0.4 is 26.8 Å². The summed E-state index contributed by atoms with van der Waals surface area (Å²) in [5.74, 6) is 0.985. The highest BCUT2D eigenvalue weighted by molar-refractivity contribution is 6.47. The maximum Gasteiger partial charge on any atom is 0.293 e. The maximum atomic E-state index is 12.2. The number of ether oxygens (including phenoxy) is 4. The second-order valence-corrected chi connectivity index (χ2v) is 20.2. The summed E-state index contributed by atoms with van der Waals surface area (Å²) in [5, 5.41) is 18.8. The zero-order chi connectivity index (χ0) is 61.2. The van der Waals surface area contributed by atoms with E-state index in [1.165, 1.54) is 34.4 Å². The molecule has 450 valence electrons. The molecule has 1 unspecified atom stereocenters. The minimum absolute atomic E-state index is 0.129. The summed E-state index contributed by atoms with van der Waals surface area (Å²) in [7, 11) is 8.67. The monoisotopic (exact) mass is 1140 g/mol. The van der Waals surface area contributed by atoms with E-state index in [1.54, 1.807) is 28.4 Å². The Balaban J connectivity index is 0. The quantitative estimate of drug-likeness (QED) is 0.0165. The number of halogens is 3. The lowest BCUT2D eigenvalue weighted by molar-refractivity contribution is -0.116. The van der Waals surface area contributed by atoms with Gasteiger partial charge in [0.15, 0.2) is 6.29 Å². The van der Waals surface area contributed by atoms with Crippen molar-refractivity contribution in [2.75, 3.05) is 78.3 Å². The molecule has 7 N–H and O–H groups in total. The van der Waals surface area contributed by atoms with E-state index in [2.05, 4.69) is 109 Å². The van der Waals surface area contributed by atoms with Crippen molar-refractivity contribution in [1.29, 1.82) is 0 Å². The number of piperidine rings is 1. The predicted molar refractivity (Wildman–Crippen MR) is 333 cm³/mol. The van der Waals surface area contributed by atoms with E-state index in [9.17, 15) is 18.4 Å². The highest BCUT2D eigenvalue weighted by Crippen LogP contribution is 2.38. The standard InChI is InChI=1S/C27H35N3O2.C22H32ClNO2.C6H11NO.C3H8O.C2H2F2O.C2H6O.C2H6/c1-4-19-8-10-24(28)26(16-19)32-18-30-14-12-20(13-15-30)22-9-11-25(29-2)27-21(17-31-3)6-5-7-23(22)27;1-7-9-19(13-22(4,5)6)24-18-11-8-10-17(12-18)16(3)20(23)21(26)15(2)14-25;1-6(7)4-2-3-5-8;1-3-4-2;3-2(4)1-5;1-3-2;1-2/h5-11,16,20,29H,4,12-15,17-18,28H2,1-3H3;8,10-12,14,19,24-25H,7,9,13H2,1-6H3;5H,1-4,7H2;3H2,1-2H3;1-2H;1-2H3;1-2H3/b;15-14+,20-16-;;;;;. The summed E-state index contributed by atoms with van der Waals surface area (Å²) in [4.78, 5) is 33.0. The van der Waals surface area contributed by atoms with Gasteiger partial charge in [0.2, 0.25) is 5.78 Å². The van der Waals surface area contributed by atoms with Crippen molar-refractivity contribution in [1.82, 2.24) is 4.90 Å².